The van der Waals surface area contributed by atoms with Crippen molar-refractivity contribution >= 4 is 0 Å². The summed E-state index contributed by atoms with van der Waals surface area (Å²) in [5.41, 5.74) is 6.28. The molecular weight excluding hydrogens is 200 g/mol. The lowest BCUT2D eigenvalue weighted by molar-refractivity contribution is 0.395. The average molecular weight is 213 g/mol. The highest BCUT2D eigenvalue weighted by Gasteiger charge is 2.37. The van der Waals surface area contributed by atoms with E-state index in [0.29, 0.717) is 12.0 Å². The lowest BCUT2D eigenvalue weighted by Crippen LogP contribution is -2.22. The Bertz CT molecular complexity index is 365. The van der Waals surface area contributed by atoms with Crippen LogP contribution in [0.4, 0.5) is 8.78 Å². The predicted molar refractivity (Wildman–Crippen MR) is 52.5 cm³/mol. The Morgan fingerprint density at radius 1 is 1.27 bits per heavy atom. The maximum atomic E-state index is 13.0. The molecule has 0 saturated heterocycles. The Labute approximate surface area is 86.7 Å². The molecule has 1 fully saturated rings. The first kappa shape index (κ1) is 10.4. The van der Waals surface area contributed by atoms with Crippen LogP contribution in [0.2, 0.25) is 0 Å². The zero-order valence-corrected chi connectivity index (χ0v) is 8.26. The molecule has 1 aliphatic carbocycles. The molecule has 0 spiro atoms. The van der Waals surface area contributed by atoms with Crippen molar-refractivity contribution < 1.29 is 13.9 Å². The smallest absolute Gasteiger partial charge is 0.187 e. The van der Waals surface area contributed by atoms with Gasteiger partial charge in [-0.3, -0.25) is 0 Å². The molecule has 0 unspecified atom stereocenters. The summed E-state index contributed by atoms with van der Waals surface area (Å²) >= 11 is 0. The van der Waals surface area contributed by atoms with Crippen LogP contribution in [0.1, 0.15) is 24.8 Å². The van der Waals surface area contributed by atoms with Gasteiger partial charge in [-0.15, -0.1) is 0 Å². The van der Waals surface area contributed by atoms with Gasteiger partial charge in [-0.05, 0) is 43.4 Å². The van der Waals surface area contributed by atoms with E-state index < -0.39 is 17.4 Å². The zero-order chi connectivity index (χ0) is 11.1. The molecule has 2 rings (SSSR count). The van der Waals surface area contributed by atoms with Crippen LogP contribution in [0.15, 0.2) is 12.1 Å². The molecule has 1 aromatic carbocycles. The predicted octanol–water partition coefficient (Wildman–Crippen LogP) is 2.09. The van der Waals surface area contributed by atoms with E-state index >= 15 is 0 Å². The molecule has 0 aliphatic heterocycles. The quantitative estimate of drug-likeness (QED) is 0.807. The maximum absolute atomic E-state index is 13.0. The molecule has 0 aromatic heterocycles. The Hall–Kier alpha value is -1.16. The summed E-state index contributed by atoms with van der Waals surface area (Å²) in [5, 5.41) is 8.90. The van der Waals surface area contributed by atoms with Gasteiger partial charge in [0, 0.05) is 5.54 Å². The van der Waals surface area contributed by atoms with Crippen LogP contribution in [0, 0.1) is 11.6 Å². The van der Waals surface area contributed by atoms with Crippen LogP contribution in [-0.4, -0.2) is 10.6 Å². The topological polar surface area (TPSA) is 46.2 Å². The van der Waals surface area contributed by atoms with E-state index in [2.05, 4.69) is 0 Å². The molecule has 0 bridgehead atoms. The minimum Gasteiger partial charge on any atom is -0.503 e. The monoisotopic (exact) mass is 213 g/mol. The average Bonchev–Trinajstić information content (AvgIpc) is 2.90. The summed E-state index contributed by atoms with van der Waals surface area (Å²) < 4.78 is 25.9. The van der Waals surface area contributed by atoms with Gasteiger partial charge in [0.05, 0.1) is 0 Å². The number of aryl methyl sites for hydroxylation is 1. The number of phenolic OH excluding ortho intramolecular Hbond substituents is 1. The highest BCUT2D eigenvalue weighted by atomic mass is 19.1. The largest absolute Gasteiger partial charge is 0.503 e. The Morgan fingerprint density at radius 3 is 2.27 bits per heavy atom. The molecule has 2 nitrogen and oxygen atoms in total. The number of aromatic hydroxyl groups is 1. The third-order valence-electron chi connectivity index (χ3n) is 2.88. The second-order valence-corrected chi connectivity index (χ2v) is 4.27. The van der Waals surface area contributed by atoms with Crippen LogP contribution >= 0.6 is 0 Å². The molecule has 0 amide bonds. The molecule has 1 aliphatic rings. The van der Waals surface area contributed by atoms with Crippen LogP contribution in [0.3, 0.4) is 0 Å². The lowest BCUT2D eigenvalue weighted by Gasteiger charge is -2.08. The fraction of sp³-hybridized carbons (Fsp3) is 0.455. The van der Waals surface area contributed by atoms with Gasteiger partial charge in [0.25, 0.3) is 0 Å². The van der Waals surface area contributed by atoms with Crippen molar-refractivity contribution in [1.29, 1.82) is 0 Å². The van der Waals surface area contributed by atoms with Gasteiger partial charge >= 0.3 is 0 Å². The van der Waals surface area contributed by atoms with E-state index in [1.54, 1.807) is 0 Å². The van der Waals surface area contributed by atoms with E-state index in [4.69, 9.17) is 10.8 Å². The summed E-state index contributed by atoms with van der Waals surface area (Å²) in [5.74, 6) is -2.73. The molecular formula is C11H13F2NO. The maximum Gasteiger partial charge on any atom is 0.187 e. The van der Waals surface area contributed by atoms with E-state index in [9.17, 15) is 8.78 Å². The SMILES string of the molecule is NC1(CCc2cc(F)c(O)c(F)c2)CC1. The summed E-state index contributed by atoms with van der Waals surface area (Å²) in [6, 6.07) is 2.31. The molecule has 4 heteroatoms. The van der Waals surface area contributed by atoms with E-state index in [1.165, 1.54) is 0 Å². The molecule has 1 aromatic rings. The van der Waals surface area contributed by atoms with Gasteiger partial charge in [-0.1, -0.05) is 0 Å². The van der Waals surface area contributed by atoms with Crippen LogP contribution in [-0.2, 0) is 6.42 Å². The van der Waals surface area contributed by atoms with Crippen molar-refractivity contribution in [2.24, 2.45) is 5.73 Å². The number of benzene rings is 1. The fourth-order valence-electron chi connectivity index (χ4n) is 1.57. The third kappa shape index (κ3) is 2.26. The van der Waals surface area contributed by atoms with Crippen molar-refractivity contribution in [3.8, 4) is 5.75 Å². The molecule has 1 saturated carbocycles. The van der Waals surface area contributed by atoms with Crippen molar-refractivity contribution in [3.05, 3.63) is 29.3 Å². The summed E-state index contributed by atoms with van der Waals surface area (Å²) in [6.07, 6.45) is 3.24. The summed E-state index contributed by atoms with van der Waals surface area (Å²) in [6.45, 7) is 0. The second kappa shape index (κ2) is 3.45. The van der Waals surface area contributed by atoms with Crippen molar-refractivity contribution in [2.45, 2.75) is 31.2 Å². The first-order chi connectivity index (χ1) is 7.00. The van der Waals surface area contributed by atoms with Crippen molar-refractivity contribution in [1.82, 2.24) is 0 Å². The van der Waals surface area contributed by atoms with E-state index in [-0.39, 0.29) is 5.54 Å². The van der Waals surface area contributed by atoms with Crippen LogP contribution in [0.25, 0.3) is 0 Å². The van der Waals surface area contributed by atoms with Crippen molar-refractivity contribution in [3.63, 3.8) is 0 Å². The molecule has 0 heterocycles. The first-order valence-corrected chi connectivity index (χ1v) is 4.96. The first-order valence-electron chi connectivity index (χ1n) is 4.96. The number of nitrogens with two attached hydrogens (primary N) is 1. The van der Waals surface area contributed by atoms with Gasteiger partial charge in [-0.25, -0.2) is 8.78 Å². The van der Waals surface area contributed by atoms with Gasteiger partial charge < -0.3 is 10.8 Å². The highest BCUT2D eigenvalue weighted by molar-refractivity contribution is 5.30. The minimum absolute atomic E-state index is 0.120. The van der Waals surface area contributed by atoms with E-state index in [0.717, 1.165) is 31.4 Å². The second-order valence-electron chi connectivity index (χ2n) is 4.27. The van der Waals surface area contributed by atoms with Gasteiger partial charge in [-0.2, -0.15) is 0 Å². The number of hydrogen-bond acceptors (Lipinski definition) is 2. The van der Waals surface area contributed by atoms with Crippen LogP contribution < -0.4 is 5.73 Å². The number of rotatable bonds is 3. The molecule has 0 atom stereocenters. The lowest BCUT2D eigenvalue weighted by atomic mass is 10.0. The third-order valence-corrected chi connectivity index (χ3v) is 2.88. The summed E-state index contributed by atoms with van der Waals surface area (Å²) in [4.78, 5) is 0. The molecule has 82 valence electrons. The van der Waals surface area contributed by atoms with Crippen LogP contribution in [0.5, 0.6) is 5.75 Å². The van der Waals surface area contributed by atoms with Gasteiger partial charge in [0.2, 0.25) is 0 Å². The molecule has 15 heavy (non-hydrogen) atoms. The normalized spacial score (nSPS) is 17.8. The highest BCUT2D eigenvalue weighted by Crippen LogP contribution is 2.36. The Kier molecular flexibility index (Phi) is 2.38. The van der Waals surface area contributed by atoms with E-state index in [1.807, 2.05) is 0 Å². The minimum atomic E-state index is -0.910. The number of phenols is 1. The zero-order valence-electron chi connectivity index (χ0n) is 8.26. The number of halogens is 2. The molecule has 3 N–H and O–H groups in total. The fourth-order valence-corrected chi connectivity index (χ4v) is 1.57. The van der Waals surface area contributed by atoms with Crippen molar-refractivity contribution in [2.75, 3.05) is 0 Å². The Balaban J connectivity index is 2.08. The van der Waals surface area contributed by atoms with Gasteiger partial charge in [0.15, 0.2) is 17.4 Å². The summed E-state index contributed by atoms with van der Waals surface area (Å²) in [7, 11) is 0. The Morgan fingerprint density at radius 2 is 1.80 bits per heavy atom. The standard InChI is InChI=1S/C11H13F2NO/c12-8-5-7(6-9(13)10(8)15)1-2-11(14)3-4-11/h5-6,15H,1-4,14H2. The number of hydrogen-bond donors (Lipinski definition) is 2. The molecule has 0 radical (unpaired) electrons. The van der Waals surface area contributed by atoms with Gasteiger partial charge in [0.1, 0.15) is 0 Å².